The minimum Gasteiger partial charge on any atom is -0.455 e. The molecule has 2 heterocycles. The largest absolute Gasteiger partial charge is 0.455 e. The fraction of sp³-hybridized carbons (Fsp3) is 0. The molecule has 43 heavy (non-hydrogen) atoms. The van der Waals surface area contributed by atoms with Gasteiger partial charge in [0.2, 0.25) is 0 Å². The molecule has 0 saturated carbocycles. The van der Waals surface area contributed by atoms with Crippen LogP contribution in [0.3, 0.4) is 0 Å². The molecule has 0 bridgehead atoms. The minimum absolute atomic E-state index is 0.843. The molecular weight excluding hydrogens is 526 g/mol. The zero-order valence-corrected chi connectivity index (χ0v) is 23.2. The predicted molar refractivity (Wildman–Crippen MR) is 177 cm³/mol. The van der Waals surface area contributed by atoms with E-state index in [0.29, 0.717) is 0 Å². The number of ether oxygens (including phenoxy) is 1. The smallest absolute Gasteiger partial charge is 0.151 e. The Labute approximate surface area is 248 Å². The maximum atomic E-state index is 6.87. The van der Waals surface area contributed by atoms with Crippen LogP contribution in [-0.4, -0.2) is 0 Å². The van der Waals surface area contributed by atoms with Crippen LogP contribution in [0.2, 0.25) is 0 Å². The Hall–Kier alpha value is -5.80. The van der Waals surface area contributed by atoms with Gasteiger partial charge in [0.1, 0.15) is 11.3 Å². The van der Waals surface area contributed by atoms with Crippen LogP contribution in [0.4, 0.5) is 17.1 Å². The summed E-state index contributed by atoms with van der Waals surface area (Å²) >= 11 is 0. The third kappa shape index (κ3) is 3.62. The Morgan fingerprint density at radius 1 is 0.419 bits per heavy atom. The highest BCUT2D eigenvalue weighted by Gasteiger charge is 2.26. The summed E-state index contributed by atoms with van der Waals surface area (Å²) in [7, 11) is 0. The highest BCUT2D eigenvalue weighted by atomic mass is 16.5. The molecule has 1 aliphatic heterocycles. The van der Waals surface area contributed by atoms with Gasteiger partial charge in [-0.1, -0.05) is 115 Å². The van der Waals surface area contributed by atoms with Crippen LogP contribution >= 0.6 is 0 Å². The molecule has 0 spiro atoms. The molecule has 3 heteroatoms. The Bertz CT molecular complexity index is 2270. The SMILES string of the molecule is c1ccc(-c2oc3c4ccccc4c4ccccc4c3c2-c2ccc(N3c4ccccc4Oc4ccccc43)cc2)cc1. The number of fused-ring (bicyclic) bond motifs is 8. The fourth-order valence-electron chi connectivity index (χ4n) is 6.56. The first-order chi connectivity index (χ1) is 21.3. The standard InChI is InChI=1S/C40H25NO2/c1-2-12-27(13-3-1)39-37(38-31-16-6-4-14-29(31)30-15-5-7-17-32(30)40(38)43-39)26-22-24-28(25-23-26)41-33-18-8-10-20-35(33)42-36-21-11-9-19-34(36)41/h1-25H. The number of nitrogens with zero attached hydrogens (tertiary/aromatic N) is 1. The van der Waals surface area contributed by atoms with Crippen molar-refractivity contribution in [3.63, 3.8) is 0 Å². The number of hydrogen-bond acceptors (Lipinski definition) is 3. The summed E-state index contributed by atoms with van der Waals surface area (Å²) in [6.45, 7) is 0. The van der Waals surface area contributed by atoms with Crippen LogP contribution in [0, 0.1) is 0 Å². The lowest BCUT2D eigenvalue weighted by Gasteiger charge is -2.32. The van der Waals surface area contributed by atoms with Gasteiger partial charge in [-0.25, -0.2) is 0 Å². The molecule has 0 N–H and O–H groups in total. The van der Waals surface area contributed by atoms with Crippen molar-refractivity contribution in [2.45, 2.75) is 0 Å². The van der Waals surface area contributed by atoms with Crippen LogP contribution in [0.1, 0.15) is 0 Å². The van der Waals surface area contributed by atoms with E-state index in [1.165, 1.54) is 16.2 Å². The van der Waals surface area contributed by atoms with Gasteiger partial charge in [-0.05, 0) is 58.1 Å². The second kappa shape index (κ2) is 9.37. The van der Waals surface area contributed by atoms with Crippen molar-refractivity contribution in [1.29, 1.82) is 0 Å². The average Bonchev–Trinajstić information content (AvgIpc) is 3.49. The first-order valence-corrected chi connectivity index (χ1v) is 14.5. The Morgan fingerprint density at radius 3 is 1.63 bits per heavy atom. The molecule has 0 radical (unpaired) electrons. The zero-order valence-electron chi connectivity index (χ0n) is 23.2. The summed E-state index contributed by atoms with van der Waals surface area (Å²) in [5, 5.41) is 5.88. The molecule has 0 atom stereocenters. The van der Waals surface area contributed by atoms with Crippen LogP contribution < -0.4 is 9.64 Å². The van der Waals surface area contributed by atoms with Gasteiger partial charge < -0.3 is 14.1 Å². The van der Waals surface area contributed by atoms with Gasteiger partial charge in [0, 0.05) is 27.6 Å². The van der Waals surface area contributed by atoms with Gasteiger partial charge in [-0.15, -0.1) is 0 Å². The maximum Gasteiger partial charge on any atom is 0.151 e. The molecule has 1 aliphatic rings. The van der Waals surface area contributed by atoms with Crippen molar-refractivity contribution in [3.05, 3.63) is 152 Å². The minimum atomic E-state index is 0.843. The fourth-order valence-corrected chi connectivity index (χ4v) is 6.56. The summed E-state index contributed by atoms with van der Waals surface area (Å²) < 4.78 is 13.1. The summed E-state index contributed by atoms with van der Waals surface area (Å²) in [6.07, 6.45) is 0. The number of anilines is 3. The Morgan fingerprint density at radius 2 is 0.953 bits per heavy atom. The zero-order chi connectivity index (χ0) is 28.3. The monoisotopic (exact) mass is 551 g/mol. The van der Waals surface area contributed by atoms with Crippen LogP contribution in [0.15, 0.2) is 156 Å². The van der Waals surface area contributed by atoms with Crippen molar-refractivity contribution in [3.8, 4) is 33.9 Å². The second-order valence-electron chi connectivity index (χ2n) is 10.9. The third-order valence-corrected chi connectivity index (χ3v) is 8.45. The molecule has 3 nitrogen and oxygen atoms in total. The molecule has 9 rings (SSSR count). The molecule has 7 aromatic carbocycles. The highest BCUT2D eigenvalue weighted by Crippen LogP contribution is 2.51. The van der Waals surface area contributed by atoms with E-state index in [2.05, 4.69) is 126 Å². The van der Waals surface area contributed by atoms with E-state index in [9.17, 15) is 0 Å². The van der Waals surface area contributed by atoms with E-state index in [0.717, 1.165) is 67.4 Å². The van der Waals surface area contributed by atoms with Crippen molar-refractivity contribution in [2.75, 3.05) is 4.90 Å². The van der Waals surface area contributed by atoms with E-state index in [1.54, 1.807) is 0 Å². The van der Waals surface area contributed by atoms with Crippen molar-refractivity contribution >= 4 is 49.6 Å². The lowest BCUT2D eigenvalue weighted by molar-refractivity contribution is 0.477. The topological polar surface area (TPSA) is 25.6 Å². The summed E-state index contributed by atoms with van der Waals surface area (Å²) in [4.78, 5) is 2.27. The maximum absolute atomic E-state index is 6.87. The van der Waals surface area contributed by atoms with Crippen LogP contribution in [-0.2, 0) is 0 Å². The van der Waals surface area contributed by atoms with E-state index in [4.69, 9.17) is 9.15 Å². The van der Waals surface area contributed by atoms with Gasteiger partial charge >= 0.3 is 0 Å². The summed E-state index contributed by atoms with van der Waals surface area (Å²) in [5.74, 6) is 2.57. The molecule has 0 fully saturated rings. The highest BCUT2D eigenvalue weighted by molar-refractivity contribution is 6.28. The normalized spacial score (nSPS) is 12.3. The Kier molecular flexibility index (Phi) is 5.20. The molecule has 0 amide bonds. The summed E-state index contributed by atoms with van der Waals surface area (Å²) in [5.41, 5.74) is 7.30. The number of hydrogen-bond donors (Lipinski definition) is 0. The first kappa shape index (κ1) is 23.9. The van der Waals surface area contributed by atoms with Gasteiger partial charge in [-0.3, -0.25) is 0 Å². The molecule has 1 aromatic heterocycles. The second-order valence-corrected chi connectivity index (χ2v) is 10.9. The molecule has 0 saturated heterocycles. The van der Waals surface area contributed by atoms with Gasteiger partial charge in [0.25, 0.3) is 0 Å². The van der Waals surface area contributed by atoms with E-state index >= 15 is 0 Å². The molecule has 202 valence electrons. The molecule has 8 aromatic rings. The predicted octanol–water partition coefficient (Wildman–Crippen LogP) is 11.6. The Balaban J connectivity index is 1.30. The number of furan rings is 1. The lowest BCUT2D eigenvalue weighted by Crippen LogP contribution is -2.15. The molecular formula is C40H25NO2. The van der Waals surface area contributed by atoms with E-state index in [1.807, 2.05) is 30.3 Å². The van der Waals surface area contributed by atoms with Crippen LogP contribution in [0.25, 0.3) is 55.0 Å². The van der Waals surface area contributed by atoms with Crippen molar-refractivity contribution < 1.29 is 9.15 Å². The van der Waals surface area contributed by atoms with Crippen LogP contribution in [0.5, 0.6) is 11.5 Å². The summed E-state index contributed by atoms with van der Waals surface area (Å²) in [6, 6.07) is 52.9. The third-order valence-electron chi connectivity index (χ3n) is 8.45. The van der Waals surface area contributed by atoms with Crippen molar-refractivity contribution in [2.24, 2.45) is 0 Å². The number of rotatable bonds is 3. The quantitative estimate of drug-likeness (QED) is 0.204. The van der Waals surface area contributed by atoms with E-state index in [-0.39, 0.29) is 0 Å². The lowest BCUT2D eigenvalue weighted by atomic mass is 9.92. The van der Waals surface area contributed by atoms with Gasteiger partial charge in [-0.2, -0.15) is 0 Å². The molecule has 0 aliphatic carbocycles. The van der Waals surface area contributed by atoms with Gasteiger partial charge in [0.05, 0.1) is 11.4 Å². The number of para-hydroxylation sites is 4. The van der Waals surface area contributed by atoms with Crippen molar-refractivity contribution in [1.82, 2.24) is 0 Å². The van der Waals surface area contributed by atoms with Gasteiger partial charge in [0.15, 0.2) is 11.5 Å². The average molecular weight is 552 g/mol. The first-order valence-electron chi connectivity index (χ1n) is 14.5. The van der Waals surface area contributed by atoms with E-state index < -0.39 is 0 Å². The molecule has 0 unspecified atom stereocenters. The number of benzene rings is 7.